The molecular formula is C9H15N4O12P3. The van der Waals surface area contributed by atoms with Gasteiger partial charge in [0.15, 0.2) is 6.23 Å². The first-order valence-electron chi connectivity index (χ1n) is 7.05. The molecule has 7 N–H and O–H groups in total. The molecule has 5 atom stereocenters. The third-order valence-electron chi connectivity index (χ3n) is 3.03. The number of nitrogens with zero attached hydrogens (tertiary/aromatic N) is 3. The number of carbonyl (C=O) groups is 1. The van der Waals surface area contributed by atoms with Crippen LogP contribution in [-0.4, -0.2) is 57.6 Å². The first-order valence-corrected chi connectivity index (χ1v) is 11.7. The molecule has 2 unspecified atom stereocenters. The fourth-order valence-corrected chi connectivity index (χ4v) is 5.35. The van der Waals surface area contributed by atoms with Crippen LogP contribution in [0.5, 0.6) is 0 Å². The average molecular weight is 464 g/mol. The van der Waals surface area contributed by atoms with Gasteiger partial charge in [-0.1, -0.05) is 0 Å². The van der Waals surface area contributed by atoms with Crippen molar-refractivity contribution in [2.75, 3.05) is 0 Å². The molecule has 0 saturated carbocycles. The highest BCUT2D eigenvalue weighted by Gasteiger charge is 2.39. The zero-order chi connectivity index (χ0) is 21.3. The Bertz CT molecular complexity index is 910. The Hall–Kier alpha value is -1.28. The molecule has 0 radical (unpaired) electrons. The molecule has 28 heavy (non-hydrogen) atoms. The van der Waals surface area contributed by atoms with Crippen LogP contribution in [0.2, 0.25) is 0 Å². The van der Waals surface area contributed by atoms with Gasteiger partial charge in [0.25, 0.3) is 5.91 Å². The summed E-state index contributed by atoms with van der Waals surface area (Å²) in [4.78, 5) is 50.1. The molecule has 16 nitrogen and oxygen atoms in total. The Morgan fingerprint density at radius 1 is 1.29 bits per heavy atom. The Labute approximate surface area is 155 Å². The summed E-state index contributed by atoms with van der Waals surface area (Å²) in [5.41, 5.74) is 5.01. The van der Waals surface area contributed by atoms with Crippen molar-refractivity contribution in [2.24, 2.45) is 5.73 Å². The smallest absolute Gasteiger partial charge is 0.388 e. The van der Waals surface area contributed by atoms with Gasteiger partial charge in [0, 0.05) is 12.2 Å². The van der Waals surface area contributed by atoms with Crippen LogP contribution < -0.4 is 5.73 Å². The summed E-state index contributed by atoms with van der Waals surface area (Å²) in [6.45, 7) is 0. The summed E-state index contributed by atoms with van der Waals surface area (Å²) in [5.74, 6) is -0.826. The molecule has 158 valence electrons. The lowest BCUT2D eigenvalue weighted by atomic mass is 10.2. The summed E-state index contributed by atoms with van der Waals surface area (Å²) in [6.07, 6.45) is -1.40. The molecule has 1 fully saturated rings. The predicted molar refractivity (Wildman–Crippen MR) is 86.1 cm³/mol. The maximum Gasteiger partial charge on any atom is 0.488 e. The van der Waals surface area contributed by atoms with Crippen molar-refractivity contribution in [2.45, 2.75) is 24.9 Å². The van der Waals surface area contributed by atoms with Crippen LogP contribution >= 0.6 is 23.2 Å². The van der Waals surface area contributed by atoms with E-state index >= 15 is 0 Å². The fourth-order valence-electron chi connectivity index (χ4n) is 2.08. The number of phosphoric acid groups is 2. The van der Waals surface area contributed by atoms with Gasteiger partial charge in [-0.25, -0.2) is 23.1 Å². The standard InChI is InChI=1S/C9H15N4O12P3/c10-7(15)8-11-4-13(12-8)9-6(14)3-5(23-9)1-2-26(16,17)24-28(21,22)25-27(18,19)20/h1-2,4-6,9,14H,3H2,(H2,10,15)(H,16,17)(H,21,22)(H2,18,19,20)/t5-,6-,9-/m1/s1. The lowest BCUT2D eigenvalue weighted by molar-refractivity contribution is -0.0331. The summed E-state index contributed by atoms with van der Waals surface area (Å²) >= 11 is 0. The predicted octanol–water partition coefficient (Wildman–Crippen LogP) is -1.05. The molecule has 2 rings (SSSR count). The molecule has 0 aromatic carbocycles. The second-order valence-corrected chi connectivity index (χ2v) is 9.96. The molecule has 1 amide bonds. The summed E-state index contributed by atoms with van der Waals surface area (Å²) in [7, 11) is -16.0. The largest absolute Gasteiger partial charge is 0.488 e. The number of hydrogen-bond donors (Lipinski definition) is 6. The van der Waals surface area contributed by atoms with Crippen molar-refractivity contribution in [1.82, 2.24) is 14.8 Å². The number of aliphatic hydroxyl groups is 1. The molecule has 1 aliphatic heterocycles. The van der Waals surface area contributed by atoms with E-state index in [4.69, 9.17) is 25.2 Å². The highest BCUT2D eigenvalue weighted by Crippen LogP contribution is 2.66. The van der Waals surface area contributed by atoms with Crippen molar-refractivity contribution >= 4 is 29.1 Å². The third kappa shape index (κ3) is 6.65. The molecule has 19 heteroatoms. The Morgan fingerprint density at radius 2 is 1.93 bits per heavy atom. The first-order chi connectivity index (χ1) is 12.7. The van der Waals surface area contributed by atoms with Gasteiger partial charge in [-0.05, 0) is 6.08 Å². The van der Waals surface area contributed by atoms with E-state index in [-0.39, 0.29) is 12.2 Å². The maximum atomic E-state index is 11.8. The Morgan fingerprint density at radius 3 is 2.46 bits per heavy atom. The van der Waals surface area contributed by atoms with Crippen molar-refractivity contribution in [3.63, 3.8) is 0 Å². The minimum absolute atomic E-state index is 0.108. The van der Waals surface area contributed by atoms with Crippen molar-refractivity contribution in [3.05, 3.63) is 24.0 Å². The number of primary amides is 1. The van der Waals surface area contributed by atoms with Crippen LogP contribution in [-0.2, 0) is 27.1 Å². The van der Waals surface area contributed by atoms with Gasteiger partial charge in [0.1, 0.15) is 12.4 Å². The van der Waals surface area contributed by atoms with E-state index in [2.05, 4.69) is 18.7 Å². The van der Waals surface area contributed by atoms with Crippen LogP contribution in [0.15, 0.2) is 18.2 Å². The van der Waals surface area contributed by atoms with Gasteiger partial charge >= 0.3 is 23.2 Å². The van der Waals surface area contributed by atoms with Gasteiger partial charge in [-0.2, -0.15) is 4.31 Å². The molecule has 1 aliphatic rings. The van der Waals surface area contributed by atoms with E-state index in [0.717, 1.165) is 17.1 Å². The minimum Gasteiger partial charge on any atom is -0.388 e. The van der Waals surface area contributed by atoms with E-state index in [1.807, 2.05) is 0 Å². The molecule has 0 aliphatic carbocycles. The maximum absolute atomic E-state index is 11.8. The zero-order valence-electron chi connectivity index (χ0n) is 13.5. The van der Waals surface area contributed by atoms with Crippen LogP contribution in [0.4, 0.5) is 0 Å². The van der Waals surface area contributed by atoms with Crippen LogP contribution in [0.25, 0.3) is 0 Å². The number of rotatable bonds is 8. The van der Waals surface area contributed by atoms with Gasteiger partial charge < -0.3 is 35.2 Å². The number of ether oxygens (including phenoxy) is 1. The lowest BCUT2D eigenvalue weighted by Gasteiger charge is -2.15. The molecule has 0 bridgehead atoms. The van der Waals surface area contributed by atoms with E-state index in [1.165, 1.54) is 0 Å². The highest BCUT2D eigenvalue weighted by molar-refractivity contribution is 7.69. The molecule has 2 heterocycles. The van der Waals surface area contributed by atoms with Gasteiger partial charge in [-0.15, -0.1) is 5.10 Å². The number of aliphatic hydroxyl groups excluding tert-OH is 1. The third-order valence-corrected chi connectivity index (χ3v) is 7.01. The van der Waals surface area contributed by atoms with Crippen molar-refractivity contribution < 1.29 is 56.5 Å². The second kappa shape index (κ2) is 8.22. The van der Waals surface area contributed by atoms with Crippen LogP contribution in [0.1, 0.15) is 23.3 Å². The number of amides is 1. The van der Waals surface area contributed by atoms with Crippen LogP contribution in [0, 0.1) is 0 Å². The zero-order valence-corrected chi connectivity index (χ0v) is 16.2. The lowest BCUT2D eigenvalue weighted by Crippen LogP contribution is -2.21. The normalized spacial score (nSPS) is 27.5. The van der Waals surface area contributed by atoms with Gasteiger partial charge in [0.2, 0.25) is 5.82 Å². The molecule has 1 aromatic heterocycles. The average Bonchev–Trinajstić information content (AvgIpc) is 3.07. The topological polar surface area (TPSA) is 254 Å². The summed E-state index contributed by atoms with van der Waals surface area (Å²) < 4.78 is 47.2. The van der Waals surface area contributed by atoms with Crippen molar-refractivity contribution in [1.29, 1.82) is 0 Å². The quantitative estimate of drug-likeness (QED) is 0.251. The van der Waals surface area contributed by atoms with E-state index in [9.17, 15) is 28.5 Å². The van der Waals surface area contributed by atoms with Gasteiger partial charge in [0.05, 0.1) is 6.10 Å². The summed E-state index contributed by atoms with van der Waals surface area (Å²) in [5, 5.41) is 13.7. The second-order valence-electron chi connectivity index (χ2n) is 5.31. The fraction of sp³-hybridized carbons (Fsp3) is 0.444. The number of aromatic nitrogens is 3. The Kier molecular flexibility index (Phi) is 6.76. The molecule has 1 saturated heterocycles. The summed E-state index contributed by atoms with van der Waals surface area (Å²) in [6, 6.07) is 0. The first kappa shape index (κ1) is 23.0. The highest BCUT2D eigenvalue weighted by atomic mass is 31.3. The van der Waals surface area contributed by atoms with Crippen molar-refractivity contribution in [3.8, 4) is 0 Å². The molecular weight excluding hydrogens is 449 g/mol. The molecule has 0 spiro atoms. The van der Waals surface area contributed by atoms with E-state index in [1.54, 1.807) is 0 Å². The Balaban J connectivity index is 2.03. The monoisotopic (exact) mass is 464 g/mol. The SMILES string of the molecule is NC(=O)c1ncn([C@@H]2O[C@H](C=CP(=O)(O)OP(=O)(O)OP(=O)(O)O)C[C@H]2O)n1. The minimum atomic E-state index is -5.56. The number of carbonyl (C=O) groups excluding carboxylic acids is 1. The number of hydrogen-bond acceptors (Lipinski definition) is 10. The number of nitrogens with two attached hydrogens (primary N) is 1. The van der Waals surface area contributed by atoms with E-state index in [0.29, 0.717) is 5.82 Å². The molecule has 1 aromatic rings. The van der Waals surface area contributed by atoms with Crippen LogP contribution in [0.3, 0.4) is 0 Å². The van der Waals surface area contributed by atoms with Gasteiger partial charge in [-0.3, -0.25) is 9.36 Å². The van der Waals surface area contributed by atoms with E-state index < -0.39 is 47.6 Å².